The second-order valence-electron chi connectivity index (χ2n) is 4.18. The molecule has 0 radical (unpaired) electrons. The van der Waals surface area contributed by atoms with Gasteiger partial charge in [0.05, 0.1) is 22.3 Å². The molecule has 0 aliphatic rings. The molecule has 0 saturated heterocycles. The van der Waals surface area contributed by atoms with Gasteiger partial charge in [0.2, 0.25) is 0 Å². The van der Waals surface area contributed by atoms with Crippen LogP contribution in [0.4, 0.5) is 17.4 Å². The molecule has 0 spiro atoms. The van der Waals surface area contributed by atoms with Crippen LogP contribution >= 0.6 is 11.6 Å². The highest BCUT2D eigenvalue weighted by Crippen LogP contribution is 2.28. The Labute approximate surface area is 119 Å². The highest BCUT2D eigenvalue weighted by molar-refractivity contribution is 6.33. The van der Waals surface area contributed by atoms with Crippen molar-refractivity contribution in [2.24, 2.45) is 0 Å². The molecule has 0 fully saturated rings. The Morgan fingerprint density at radius 3 is 2.90 bits per heavy atom. The topological polar surface area (TPSA) is 87.9 Å². The Bertz CT molecular complexity index is 835. The summed E-state index contributed by atoms with van der Waals surface area (Å²) in [6.07, 6.45) is 0. The van der Waals surface area contributed by atoms with Crippen molar-refractivity contribution in [3.05, 3.63) is 47.0 Å². The molecule has 2 aromatic carbocycles. The molecule has 1 aromatic heterocycles. The number of nitrogens with zero attached hydrogens (tertiary/aromatic N) is 2. The van der Waals surface area contributed by atoms with Crippen molar-refractivity contribution in [3.8, 4) is 6.07 Å². The molecule has 6 heteroatoms. The monoisotopic (exact) mass is 284 g/mol. The van der Waals surface area contributed by atoms with E-state index in [1.54, 1.807) is 36.4 Å². The summed E-state index contributed by atoms with van der Waals surface area (Å²) in [4.78, 5) is 4.27. The van der Waals surface area contributed by atoms with Crippen molar-refractivity contribution in [2.45, 2.75) is 0 Å². The van der Waals surface area contributed by atoms with E-state index in [0.29, 0.717) is 39.1 Å². The molecule has 0 unspecified atom stereocenters. The van der Waals surface area contributed by atoms with Crippen LogP contribution in [-0.4, -0.2) is 4.98 Å². The standard InChI is InChI=1S/C14H9ClN4O/c15-10-3-1-8(7-16)5-11(10)18-14-19-12-6-9(17)2-4-13(12)20-14/h1-6H,17H2,(H,18,19). The van der Waals surface area contributed by atoms with E-state index in [4.69, 9.17) is 27.0 Å². The van der Waals surface area contributed by atoms with Gasteiger partial charge in [-0.25, -0.2) is 0 Å². The Kier molecular flexibility index (Phi) is 2.93. The highest BCUT2D eigenvalue weighted by Gasteiger charge is 2.09. The van der Waals surface area contributed by atoms with Crippen LogP contribution in [0.25, 0.3) is 11.1 Å². The number of rotatable bonds is 2. The van der Waals surface area contributed by atoms with E-state index in [-0.39, 0.29) is 0 Å². The molecule has 5 nitrogen and oxygen atoms in total. The van der Waals surface area contributed by atoms with Crippen molar-refractivity contribution >= 4 is 40.1 Å². The lowest BCUT2D eigenvalue weighted by molar-refractivity contribution is 0.623. The van der Waals surface area contributed by atoms with E-state index < -0.39 is 0 Å². The lowest BCUT2D eigenvalue weighted by Crippen LogP contribution is -1.92. The van der Waals surface area contributed by atoms with Gasteiger partial charge in [0.1, 0.15) is 5.52 Å². The van der Waals surface area contributed by atoms with Gasteiger partial charge in [-0.15, -0.1) is 0 Å². The molecule has 1 heterocycles. The molecular weight excluding hydrogens is 276 g/mol. The zero-order valence-electron chi connectivity index (χ0n) is 10.2. The molecule has 0 saturated carbocycles. The van der Waals surface area contributed by atoms with Crippen LogP contribution in [0, 0.1) is 11.3 Å². The van der Waals surface area contributed by atoms with Crippen molar-refractivity contribution in [3.63, 3.8) is 0 Å². The second kappa shape index (κ2) is 4.76. The fourth-order valence-corrected chi connectivity index (χ4v) is 1.97. The van der Waals surface area contributed by atoms with E-state index in [2.05, 4.69) is 10.3 Å². The van der Waals surface area contributed by atoms with Crippen LogP contribution in [-0.2, 0) is 0 Å². The smallest absolute Gasteiger partial charge is 0.300 e. The highest BCUT2D eigenvalue weighted by atomic mass is 35.5. The first-order valence-electron chi connectivity index (χ1n) is 5.78. The first-order valence-corrected chi connectivity index (χ1v) is 6.16. The number of nitrogen functional groups attached to an aromatic ring is 1. The number of anilines is 3. The quantitative estimate of drug-likeness (QED) is 0.701. The number of benzene rings is 2. The van der Waals surface area contributed by atoms with Crippen LogP contribution in [0.3, 0.4) is 0 Å². The summed E-state index contributed by atoms with van der Waals surface area (Å²) in [6, 6.07) is 12.5. The third-order valence-corrected chi connectivity index (χ3v) is 3.08. The zero-order valence-corrected chi connectivity index (χ0v) is 11.0. The summed E-state index contributed by atoms with van der Waals surface area (Å²) in [7, 11) is 0. The first kappa shape index (κ1) is 12.3. The Morgan fingerprint density at radius 2 is 2.10 bits per heavy atom. The average Bonchev–Trinajstić information content (AvgIpc) is 2.82. The predicted octanol–water partition coefficient (Wildman–Crippen LogP) is 3.68. The molecule has 3 rings (SSSR count). The lowest BCUT2D eigenvalue weighted by atomic mass is 10.2. The maximum Gasteiger partial charge on any atom is 0.300 e. The van der Waals surface area contributed by atoms with Gasteiger partial charge in [-0.2, -0.15) is 10.2 Å². The SMILES string of the molecule is N#Cc1ccc(Cl)c(Nc2nc3cc(N)ccc3o2)c1. The van der Waals surface area contributed by atoms with Crippen molar-refractivity contribution in [1.82, 2.24) is 4.98 Å². The summed E-state index contributed by atoms with van der Waals surface area (Å²) in [5, 5.41) is 12.3. The Morgan fingerprint density at radius 1 is 1.25 bits per heavy atom. The number of aromatic nitrogens is 1. The third kappa shape index (κ3) is 2.25. The average molecular weight is 285 g/mol. The number of oxazole rings is 1. The number of nitrogens with one attached hydrogen (secondary N) is 1. The number of nitriles is 1. The van der Waals surface area contributed by atoms with Crippen LogP contribution in [0.5, 0.6) is 0 Å². The number of fused-ring (bicyclic) bond motifs is 1. The molecule has 0 atom stereocenters. The van der Waals surface area contributed by atoms with Gasteiger partial charge in [-0.05, 0) is 36.4 Å². The fourth-order valence-electron chi connectivity index (χ4n) is 1.80. The van der Waals surface area contributed by atoms with Gasteiger partial charge in [-0.3, -0.25) is 0 Å². The predicted molar refractivity (Wildman–Crippen MR) is 77.9 cm³/mol. The minimum atomic E-state index is 0.294. The summed E-state index contributed by atoms with van der Waals surface area (Å²) < 4.78 is 5.54. The Hall–Kier alpha value is -2.71. The molecule has 3 N–H and O–H groups in total. The minimum Gasteiger partial charge on any atom is -0.423 e. The number of nitrogens with two attached hydrogens (primary N) is 1. The zero-order chi connectivity index (χ0) is 14.1. The second-order valence-corrected chi connectivity index (χ2v) is 4.58. The number of hydrogen-bond acceptors (Lipinski definition) is 5. The van der Waals surface area contributed by atoms with E-state index in [1.807, 2.05) is 6.07 Å². The van der Waals surface area contributed by atoms with Crippen LogP contribution < -0.4 is 11.1 Å². The minimum absolute atomic E-state index is 0.294. The van der Waals surface area contributed by atoms with Gasteiger partial charge in [0, 0.05) is 5.69 Å². The van der Waals surface area contributed by atoms with E-state index in [0.717, 1.165) is 0 Å². The van der Waals surface area contributed by atoms with Crippen molar-refractivity contribution in [1.29, 1.82) is 5.26 Å². The molecule has 98 valence electrons. The van der Waals surface area contributed by atoms with Crippen LogP contribution in [0.1, 0.15) is 5.56 Å². The molecule has 0 aliphatic carbocycles. The maximum absolute atomic E-state index is 8.89. The number of hydrogen-bond donors (Lipinski definition) is 2. The normalized spacial score (nSPS) is 10.4. The van der Waals surface area contributed by atoms with Crippen molar-refractivity contribution in [2.75, 3.05) is 11.1 Å². The van der Waals surface area contributed by atoms with E-state index >= 15 is 0 Å². The van der Waals surface area contributed by atoms with Gasteiger partial charge >= 0.3 is 0 Å². The molecule has 20 heavy (non-hydrogen) atoms. The van der Waals surface area contributed by atoms with E-state index in [9.17, 15) is 0 Å². The number of halogens is 1. The van der Waals surface area contributed by atoms with Crippen molar-refractivity contribution < 1.29 is 4.42 Å². The first-order chi connectivity index (χ1) is 9.65. The molecule has 0 bridgehead atoms. The maximum atomic E-state index is 8.89. The summed E-state index contributed by atoms with van der Waals surface area (Å²) in [6.45, 7) is 0. The van der Waals surface area contributed by atoms with Gasteiger partial charge in [0.15, 0.2) is 5.58 Å². The summed E-state index contributed by atoms with van der Waals surface area (Å²) in [5.74, 6) is 0. The Balaban J connectivity index is 1.99. The molecular formula is C14H9ClN4O. The summed E-state index contributed by atoms with van der Waals surface area (Å²) in [5.41, 5.74) is 8.63. The van der Waals surface area contributed by atoms with Gasteiger partial charge in [-0.1, -0.05) is 11.6 Å². The van der Waals surface area contributed by atoms with Crippen LogP contribution in [0.15, 0.2) is 40.8 Å². The molecule has 0 amide bonds. The fraction of sp³-hybridized carbons (Fsp3) is 0. The van der Waals surface area contributed by atoms with Crippen LogP contribution in [0.2, 0.25) is 5.02 Å². The third-order valence-electron chi connectivity index (χ3n) is 2.75. The molecule has 3 aromatic rings. The largest absolute Gasteiger partial charge is 0.423 e. The molecule has 0 aliphatic heterocycles. The van der Waals surface area contributed by atoms with Gasteiger partial charge in [0.25, 0.3) is 6.01 Å². The van der Waals surface area contributed by atoms with Gasteiger partial charge < -0.3 is 15.5 Å². The summed E-state index contributed by atoms with van der Waals surface area (Å²) >= 11 is 6.07. The van der Waals surface area contributed by atoms with E-state index in [1.165, 1.54) is 0 Å². The lowest BCUT2D eigenvalue weighted by Gasteiger charge is -2.04.